The van der Waals surface area contributed by atoms with Gasteiger partial charge in [-0.2, -0.15) is 0 Å². The molecule has 1 fully saturated rings. The Morgan fingerprint density at radius 1 is 1.21 bits per heavy atom. The van der Waals surface area contributed by atoms with Gasteiger partial charge in [-0.1, -0.05) is 18.2 Å². The van der Waals surface area contributed by atoms with Crippen LogP contribution >= 0.6 is 11.8 Å². The van der Waals surface area contributed by atoms with Crippen LogP contribution in [-0.2, 0) is 0 Å². The Bertz CT molecular complexity index is 923. The number of benzene rings is 2. The zero-order valence-electron chi connectivity index (χ0n) is 16.7. The lowest BCUT2D eigenvalue weighted by Crippen LogP contribution is -2.44. The average Bonchev–Trinajstić information content (AvgIpc) is 2.88. The van der Waals surface area contributed by atoms with Gasteiger partial charge >= 0.3 is 0 Å². The molecule has 0 aliphatic carbocycles. The van der Waals surface area contributed by atoms with Crippen molar-refractivity contribution < 1.29 is 4.74 Å². The van der Waals surface area contributed by atoms with E-state index in [1.54, 1.807) is 18.4 Å². The normalized spacial score (nSPS) is 23.4. The molecule has 0 radical (unpaired) electrons. The van der Waals surface area contributed by atoms with Crippen LogP contribution in [0.5, 0.6) is 5.75 Å². The van der Waals surface area contributed by atoms with E-state index in [-0.39, 0.29) is 0 Å². The van der Waals surface area contributed by atoms with Gasteiger partial charge in [0.1, 0.15) is 5.75 Å². The van der Waals surface area contributed by atoms with Crippen molar-refractivity contribution in [3.8, 4) is 5.75 Å². The van der Waals surface area contributed by atoms with E-state index in [1.165, 1.54) is 46.7 Å². The summed E-state index contributed by atoms with van der Waals surface area (Å²) in [4.78, 5) is 4.22. The number of thioether (sulfide) groups is 1. The van der Waals surface area contributed by atoms with Crippen molar-refractivity contribution in [2.24, 2.45) is 0 Å². The molecule has 146 valence electrons. The van der Waals surface area contributed by atoms with Crippen molar-refractivity contribution in [1.82, 2.24) is 5.32 Å². The van der Waals surface area contributed by atoms with Gasteiger partial charge in [0.15, 0.2) is 0 Å². The van der Waals surface area contributed by atoms with Crippen molar-refractivity contribution in [1.29, 1.82) is 0 Å². The molecule has 0 saturated carbocycles. The van der Waals surface area contributed by atoms with Gasteiger partial charge in [0.2, 0.25) is 0 Å². The van der Waals surface area contributed by atoms with E-state index in [2.05, 4.69) is 53.6 Å². The first kappa shape index (κ1) is 18.1. The van der Waals surface area contributed by atoms with Gasteiger partial charge in [-0.3, -0.25) is 0 Å². The van der Waals surface area contributed by atoms with Crippen molar-refractivity contribution in [3.63, 3.8) is 0 Å². The minimum absolute atomic E-state index is 0.636. The first-order valence-electron chi connectivity index (χ1n) is 10.4. The minimum atomic E-state index is 0.636. The van der Waals surface area contributed by atoms with Crippen molar-refractivity contribution in [3.05, 3.63) is 52.6 Å². The van der Waals surface area contributed by atoms with Crippen molar-refractivity contribution in [2.45, 2.75) is 36.6 Å². The van der Waals surface area contributed by atoms with Crippen molar-refractivity contribution in [2.75, 3.05) is 37.4 Å². The number of hydrogen-bond acceptors (Lipinski definition) is 4. The Morgan fingerprint density at radius 2 is 2.14 bits per heavy atom. The predicted molar refractivity (Wildman–Crippen MR) is 120 cm³/mol. The Kier molecular flexibility index (Phi) is 4.85. The highest BCUT2D eigenvalue weighted by atomic mass is 32.2. The molecule has 3 heterocycles. The molecule has 3 aliphatic heterocycles. The number of aryl methyl sites for hydroxylation is 1. The average molecular weight is 393 g/mol. The molecular weight excluding hydrogens is 364 g/mol. The SMILES string of the molecule is COc1ccc(/C=C/c2cc3c4c(c2)[C@@H]2CNCC[C@@H]2N4CCCS3)c(C)c1. The summed E-state index contributed by atoms with van der Waals surface area (Å²) in [5.41, 5.74) is 6.92. The molecule has 2 aromatic carbocycles. The van der Waals surface area contributed by atoms with Crippen molar-refractivity contribution >= 4 is 29.6 Å². The molecule has 2 aromatic rings. The van der Waals surface area contributed by atoms with E-state index in [0.29, 0.717) is 12.0 Å². The molecule has 4 heteroatoms. The van der Waals surface area contributed by atoms with Crippen LogP contribution in [0.25, 0.3) is 12.2 Å². The molecule has 1 saturated heterocycles. The minimum Gasteiger partial charge on any atom is -0.497 e. The van der Waals surface area contributed by atoms with Crippen LogP contribution < -0.4 is 15.0 Å². The van der Waals surface area contributed by atoms with Gasteiger partial charge in [-0.15, -0.1) is 11.8 Å². The number of fused-ring (bicyclic) bond motifs is 3. The Labute approximate surface area is 172 Å². The van der Waals surface area contributed by atoms with Crippen LogP contribution in [0.3, 0.4) is 0 Å². The van der Waals surface area contributed by atoms with Gasteiger partial charge in [0.25, 0.3) is 0 Å². The number of nitrogens with zero attached hydrogens (tertiary/aromatic N) is 1. The van der Waals surface area contributed by atoms with E-state index in [0.717, 1.165) is 18.8 Å². The topological polar surface area (TPSA) is 24.5 Å². The summed E-state index contributed by atoms with van der Waals surface area (Å²) in [5, 5.41) is 3.63. The first-order chi connectivity index (χ1) is 13.7. The van der Waals surface area contributed by atoms with Crippen LogP contribution in [0.15, 0.2) is 35.2 Å². The number of hydrogen-bond donors (Lipinski definition) is 1. The number of nitrogens with one attached hydrogen (secondary N) is 1. The first-order valence-corrected chi connectivity index (χ1v) is 11.3. The third kappa shape index (κ3) is 3.13. The van der Waals surface area contributed by atoms with Gasteiger partial charge in [-0.25, -0.2) is 0 Å². The molecule has 0 bridgehead atoms. The maximum Gasteiger partial charge on any atom is 0.119 e. The predicted octanol–water partition coefficient (Wildman–Crippen LogP) is 4.94. The second-order valence-electron chi connectivity index (χ2n) is 8.07. The Balaban J connectivity index is 1.52. The van der Waals surface area contributed by atoms with Gasteiger partial charge in [-0.05, 0) is 78.6 Å². The lowest BCUT2D eigenvalue weighted by atomic mass is 9.89. The molecule has 5 rings (SSSR count). The fraction of sp³-hybridized carbons (Fsp3) is 0.417. The molecule has 28 heavy (non-hydrogen) atoms. The van der Waals surface area contributed by atoms with Gasteiger partial charge in [0.05, 0.1) is 12.8 Å². The largest absolute Gasteiger partial charge is 0.497 e. The highest BCUT2D eigenvalue weighted by Crippen LogP contribution is 2.50. The number of anilines is 1. The summed E-state index contributed by atoms with van der Waals surface area (Å²) in [6.07, 6.45) is 7.07. The molecule has 0 spiro atoms. The van der Waals surface area contributed by atoms with Crippen LogP contribution in [0.2, 0.25) is 0 Å². The zero-order chi connectivity index (χ0) is 19.1. The Morgan fingerprint density at radius 3 is 3.00 bits per heavy atom. The summed E-state index contributed by atoms with van der Waals surface area (Å²) < 4.78 is 5.33. The third-order valence-corrected chi connectivity index (χ3v) is 7.51. The monoisotopic (exact) mass is 392 g/mol. The molecule has 3 aliphatic rings. The second kappa shape index (κ2) is 7.49. The quantitative estimate of drug-likeness (QED) is 0.748. The van der Waals surface area contributed by atoms with Gasteiger partial charge < -0.3 is 15.0 Å². The number of rotatable bonds is 3. The van der Waals surface area contributed by atoms with Crippen LogP contribution in [-0.4, -0.2) is 38.5 Å². The highest BCUT2D eigenvalue weighted by Gasteiger charge is 2.41. The highest BCUT2D eigenvalue weighted by molar-refractivity contribution is 7.99. The second-order valence-corrected chi connectivity index (χ2v) is 9.21. The molecule has 2 atom stereocenters. The van der Waals surface area contributed by atoms with E-state index in [1.807, 2.05) is 17.8 Å². The maximum absolute atomic E-state index is 5.33. The van der Waals surface area contributed by atoms with E-state index >= 15 is 0 Å². The van der Waals surface area contributed by atoms with Gasteiger partial charge in [0, 0.05) is 29.9 Å². The zero-order valence-corrected chi connectivity index (χ0v) is 17.5. The molecule has 1 N–H and O–H groups in total. The summed E-state index contributed by atoms with van der Waals surface area (Å²) in [7, 11) is 1.72. The molecule has 0 aromatic heterocycles. The lowest BCUT2D eigenvalue weighted by molar-refractivity contribution is 0.403. The third-order valence-electron chi connectivity index (χ3n) is 6.39. The van der Waals surface area contributed by atoms with Crippen LogP contribution in [0.4, 0.5) is 5.69 Å². The molecule has 3 nitrogen and oxygen atoms in total. The van der Waals surface area contributed by atoms with E-state index in [4.69, 9.17) is 4.74 Å². The fourth-order valence-electron chi connectivity index (χ4n) is 4.99. The number of methoxy groups -OCH3 is 1. The van der Waals surface area contributed by atoms with Crippen LogP contribution in [0.1, 0.15) is 41.0 Å². The maximum atomic E-state index is 5.33. The molecule has 0 amide bonds. The van der Waals surface area contributed by atoms with E-state index < -0.39 is 0 Å². The number of ether oxygens (including phenoxy) is 1. The lowest BCUT2D eigenvalue weighted by Gasteiger charge is -2.33. The smallest absolute Gasteiger partial charge is 0.119 e. The summed E-state index contributed by atoms with van der Waals surface area (Å²) in [5.74, 6) is 2.78. The fourth-order valence-corrected chi connectivity index (χ4v) is 6.08. The Hall–Kier alpha value is -1.91. The summed E-state index contributed by atoms with van der Waals surface area (Å²) in [6.45, 7) is 5.62. The number of piperidine rings is 1. The molecular formula is C24H28N2OS. The van der Waals surface area contributed by atoms with E-state index in [9.17, 15) is 0 Å². The van der Waals surface area contributed by atoms with Crippen LogP contribution in [0, 0.1) is 6.92 Å². The molecule has 0 unspecified atom stereocenters. The summed E-state index contributed by atoms with van der Waals surface area (Å²) >= 11 is 2.04. The summed E-state index contributed by atoms with van der Waals surface area (Å²) in [6, 6.07) is 11.8. The standard InChI is InChI=1S/C24H28N2OS/c1-16-12-19(27-2)7-6-18(16)5-4-17-13-20-21-15-25-9-8-22(21)26-10-3-11-28-23(14-17)24(20)26/h4-7,12-14,21-22,25H,3,8-11,15H2,1-2H3/b5-4+/t21-,22-/m0/s1.